The van der Waals surface area contributed by atoms with Crippen LogP contribution in [0.25, 0.3) is 0 Å². The number of hydrogen-bond acceptors (Lipinski definition) is 5. The normalized spacial score (nSPS) is 30.4. The number of benzene rings is 1. The van der Waals surface area contributed by atoms with Gasteiger partial charge in [-0.1, -0.05) is 0 Å². The summed E-state index contributed by atoms with van der Waals surface area (Å²) in [6, 6.07) is 5.83. The van der Waals surface area contributed by atoms with Gasteiger partial charge in [0, 0.05) is 17.5 Å². The molecule has 5 rings (SSSR count). The Morgan fingerprint density at radius 3 is 2.21 bits per heavy atom. The zero-order valence-corrected chi connectivity index (χ0v) is 15.6. The Labute approximate surface area is 162 Å². The van der Waals surface area contributed by atoms with Crippen LogP contribution in [-0.2, 0) is 9.59 Å². The molecule has 0 atom stereocenters. The lowest BCUT2D eigenvalue weighted by atomic mass is 9.49. The van der Waals surface area contributed by atoms with Gasteiger partial charge in [-0.15, -0.1) is 0 Å². The Hall–Kier alpha value is -2.77. The first-order valence-electron chi connectivity index (χ1n) is 9.78. The first-order valence-corrected chi connectivity index (χ1v) is 9.78. The van der Waals surface area contributed by atoms with Crippen molar-refractivity contribution in [2.45, 2.75) is 38.5 Å². The second-order valence-electron chi connectivity index (χ2n) is 8.52. The number of non-ortho nitro benzene ring substituents is 1. The van der Waals surface area contributed by atoms with Gasteiger partial charge in [-0.3, -0.25) is 19.7 Å². The highest BCUT2D eigenvalue weighted by Gasteiger charge is 2.54. The summed E-state index contributed by atoms with van der Waals surface area (Å²) in [6.07, 6.45) is 8.10. The number of amides is 2. The quantitative estimate of drug-likeness (QED) is 0.445. The Morgan fingerprint density at radius 1 is 1.11 bits per heavy atom. The van der Waals surface area contributed by atoms with E-state index in [1.165, 1.54) is 37.6 Å². The summed E-state index contributed by atoms with van der Waals surface area (Å²) >= 11 is 0. The fourth-order valence-electron chi connectivity index (χ4n) is 5.64. The van der Waals surface area contributed by atoms with Crippen LogP contribution in [0.5, 0.6) is 0 Å². The number of rotatable bonds is 6. The maximum Gasteiger partial charge on any atom is 0.269 e. The van der Waals surface area contributed by atoms with Crippen LogP contribution in [-0.4, -0.2) is 29.5 Å². The van der Waals surface area contributed by atoms with E-state index in [-0.39, 0.29) is 23.6 Å². The number of hydrogen-bond donors (Lipinski definition) is 2. The van der Waals surface area contributed by atoms with Crippen molar-refractivity contribution in [2.24, 2.45) is 28.3 Å². The van der Waals surface area contributed by atoms with Crippen LogP contribution in [0, 0.1) is 33.3 Å². The maximum atomic E-state index is 12.8. The van der Waals surface area contributed by atoms with Crippen molar-refractivity contribution in [1.82, 2.24) is 10.7 Å². The van der Waals surface area contributed by atoms with E-state index in [1.807, 2.05) is 0 Å². The fraction of sp³-hybridized carbons (Fsp3) is 0.550. The molecular weight excluding hydrogens is 360 g/mol. The van der Waals surface area contributed by atoms with E-state index in [0.29, 0.717) is 23.3 Å². The fourth-order valence-corrected chi connectivity index (χ4v) is 5.64. The van der Waals surface area contributed by atoms with Crippen LogP contribution in [0.3, 0.4) is 0 Å². The molecule has 0 radical (unpaired) electrons. The summed E-state index contributed by atoms with van der Waals surface area (Å²) in [4.78, 5) is 34.9. The van der Waals surface area contributed by atoms with Gasteiger partial charge in [0.25, 0.3) is 11.6 Å². The molecular formula is C20H24N4O4. The molecule has 4 fully saturated rings. The molecule has 4 aliphatic rings. The number of nitrogens with zero attached hydrogens (tertiary/aromatic N) is 2. The minimum atomic E-state index is -0.477. The molecule has 8 heteroatoms. The molecule has 0 saturated heterocycles. The summed E-state index contributed by atoms with van der Waals surface area (Å²) in [5.74, 6) is 1.66. The average Bonchev–Trinajstić information content (AvgIpc) is 2.65. The third-order valence-corrected chi connectivity index (χ3v) is 6.44. The van der Waals surface area contributed by atoms with Crippen LogP contribution >= 0.6 is 0 Å². The van der Waals surface area contributed by atoms with E-state index in [0.717, 1.165) is 19.3 Å². The van der Waals surface area contributed by atoms with Crippen LogP contribution in [0.15, 0.2) is 29.4 Å². The van der Waals surface area contributed by atoms with E-state index < -0.39 is 10.8 Å². The first kappa shape index (κ1) is 18.6. The van der Waals surface area contributed by atoms with Crippen LogP contribution < -0.4 is 10.7 Å². The van der Waals surface area contributed by atoms with Gasteiger partial charge in [0.1, 0.15) is 0 Å². The van der Waals surface area contributed by atoms with Gasteiger partial charge < -0.3 is 5.32 Å². The molecule has 0 heterocycles. The Bertz CT molecular complexity index is 783. The average molecular weight is 384 g/mol. The van der Waals surface area contributed by atoms with E-state index in [1.54, 1.807) is 12.1 Å². The highest BCUT2D eigenvalue weighted by molar-refractivity contribution is 5.89. The number of nitro benzene ring substituents is 1. The van der Waals surface area contributed by atoms with Crippen molar-refractivity contribution in [2.75, 3.05) is 6.54 Å². The Kier molecular flexibility index (Phi) is 4.87. The van der Waals surface area contributed by atoms with Crippen LogP contribution in [0.1, 0.15) is 44.1 Å². The lowest BCUT2D eigenvalue weighted by Crippen LogP contribution is -2.54. The maximum absolute atomic E-state index is 12.8. The smallest absolute Gasteiger partial charge is 0.269 e. The number of nitro groups is 1. The highest BCUT2D eigenvalue weighted by atomic mass is 16.6. The molecule has 2 amide bonds. The van der Waals surface area contributed by atoms with Gasteiger partial charge in [-0.25, -0.2) is 5.43 Å². The van der Waals surface area contributed by atoms with Crippen LogP contribution in [0.4, 0.5) is 5.69 Å². The first-order chi connectivity index (χ1) is 13.4. The van der Waals surface area contributed by atoms with Crippen molar-refractivity contribution >= 4 is 23.7 Å². The van der Waals surface area contributed by atoms with Crippen molar-refractivity contribution in [1.29, 1.82) is 0 Å². The number of carbonyl (C=O) groups is 2. The predicted molar refractivity (Wildman–Crippen MR) is 102 cm³/mol. The predicted octanol–water partition coefficient (Wildman–Crippen LogP) is 2.38. The standard InChI is InChI=1S/C20H24N4O4/c25-18(23-22-11-13-1-3-17(4-2-13)24(27)28)12-21-19(26)20-8-14-5-15(9-20)7-16(6-14)10-20/h1-4,11,14-16H,5-10,12H2,(H,21,26)(H,23,25). The SMILES string of the molecule is O=C(CNC(=O)C12CC3CC(CC(C3)C1)C2)NN=Cc1ccc([N+](=O)[O-])cc1. The van der Waals surface area contributed by atoms with Gasteiger partial charge in [-0.2, -0.15) is 5.10 Å². The molecule has 28 heavy (non-hydrogen) atoms. The van der Waals surface area contributed by atoms with Gasteiger partial charge in [0.2, 0.25) is 5.91 Å². The Morgan fingerprint density at radius 2 is 1.68 bits per heavy atom. The number of nitrogens with one attached hydrogen (secondary N) is 2. The molecule has 0 aliphatic heterocycles. The van der Waals surface area contributed by atoms with E-state index in [2.05, 4.69) is 15.8 Å². The number of hydrazone groups is 1. The summed E-state index contributed by atoms with van der Waals surface area (Å²) in [5.41, 5.74) is 2.74. The molecule has 2 N–H and O–H groups in total. The third-order valence-electron chi connectivity index (χ3n) is 6.44. The van der Waals surface area contributed by atoms with Crippen molar-refractivity contribution in [3.63, 3.8) is 0 Å². The number of carbonyl (C=O) groups excluding carboxylic acids is 2. The van der Waals surface area contributed by atoms with E-state index >= 15 is 0 Å². The molecule has 0 aromatic heterocycles. The minimum Gasteiger partial charge on any atom is -0.346 e. The van der Waals surface area contributed by atoms with Gasteiger partial charge in [0.15, 0.2) is 0 Å². The summed E-state index contributed by atoms with van der Waals surface area (Å²) in [6.45, 7) is -0.0990. The summed E-state index contributed by atoms with van der Waals surface area (Å²) < 4.78 is 0. The highest BCUT2D eigenvalue weighted by Crippen LogP contribution is 2.60. The molecule has 8 nitrogen and oxygen atoms in total. The Balaban J connectivity index is 1.25. The monoisotopic (exact) mass is 384 g/mol. The van der Waals surface area contributed by atoms with Gasteiger partial charge in [-0.05, 0) is 74.0 Å². The second kappa shape index (κ2) is 7.33. The molecule has 4 saturated carbocycles. The minimum absolute atomic E-state index is 0.00595. The third kappa shape index (κ3) is 3.76. The van der Waals surface area contributed by atoms with Crippen molar-refractivity contribution < 1.29 is 14.5 Å². The molecule has 4 aliphatic carbocycles. The largest absolute Gasteiger partial charge is 0.346 e. The topological polar surface area (TPSA) is 114 Å². The molecule has 0 unspecified atom stereocenters. The summed E-state index contributed by atoms with van der Waals surface area (Å²) in [7, 11) is 0. The molecule has 148 valence electrons. The zero-order chi connectivity index (χ0) is 19.7. The molecule has 0 spiro atoms. The van der Waals surface area contributed by atoms with E-state index in [9.17, 15) is 19.7 Å². The van der Waals surface area contributed by atoms with E-state index in [4.69, 9.17) is 0 Å². The molecule has 4 bridgehead atoms. The zero-order valence-electron chi connectivity index (χ0n) is 15.6. The van der Waals surface area contributed by atoms with Gasteiger partial charge in [0.05, 0.1) is 17.7 Å². The molecule has 1 aromatic rings. The molecule has 1 aromatic carbocycles. The lowest BCUT2D eigenvalue weighted by molar-refractivity contribution is -0.384. The van der Waals surface area contributed by atoms with Crippen molar-refractivity contribution in [3.05, 3.63) is 39.9 Å². The van der Waals surface area contributed by atoms with Crippen molar-refractivity contribution in [3.8, 4) is 0 Å². The summed E-state index contributed by atoms with van der Waals surface area (Å²) in [5, 5.41) is 17.3. The van der Waals surface area contributed by atoms with Crippen LogP contribution in [0.2, 0.25) is 0 Å². The second-order valence-corrected chi connectivity index (χ2v) is 8.52. The lowest BCUT2D eigenvalue weighted by Gasteiger charge is -2.55. The van der Waals surface area contributed by atoms with Gasteiger partial charge >= 0.3 is 0 Å².